The first-order valence-electron chi connectivity index (χ1n) is 9.87. The van der Waals surface area contributed by atoms with Crippen molar-refractivity contribution in [2.24, 2.45) is 0 Å². The molecule has 7 heteroatoms. The molecule has 2 N–H and O–H groups in total. The molecule has 0 aliphatic carbocycles. The Balaban J connectivity index is 1.48. The van der Waals surface area contributed by atoms with Crippen LogP contribution in [0.15, 0.2) is 60.7 Å². The molecule has 0 saturated carbocycles. The van der Waals surface area contributed by atoms with Crippen LogP contribution >= 0.6 is 0 Å². The SMILES string of the molecule is COc1ccc(-c2cc(NC(C)C(=O)Nc3ccc4c(c3)OCO4)ccc2OC)cc1. The molecule has 1 aliphatic rings. The number of amides is 1. The van der Waals surface area contributed by atoms with Gasteiger partial charge < -0.3 is 29.6 Å². The Hall–Kier alpha value is -3.87. The molecule has 7 nitrogen and oxygen atoms in total. The van der Waals surface area contributed by atoms with Crippen LogP contribution in [-0.2, 0) is 4.79 Å². The number of hydrogen-bond donors (Lipinski definition) is 2. The first kappa shape index (κ1) is 20.4. The molecule has 3 aromatic rings. The molecular weight excluding hydrogens is 396 g/mol. The van der Waals surface area contributed by atoms with Crippen LogP contribution in [0.2, 0.25) is 0 Å². The summed E-state index contributed by atoms with van der Waals surface area (Å²) in [5, 5.41) is 6.15. The van der Waals surface area contributed by atoms with Crippen molar-refractivity contribution in [2.45, 2.75) is 13.0 Å². The van der Waals surface area contributed by atoms with E-state index in [0.717, 1.165) is 28.3 Å². The van der Waals surface area contributed by atoms with Gasteiger partial charge in [0.1, 0.15) is 17.5 Å². The minimum Gasteiger partial charge on any atom is -0.497 e. The summed E-state index contributed by atoms with van der Waals surface area (Å²) >= 11 is 0. The molecule has 1 atom stereocenters. The summed E-state index contributed by atoms with van der Waals surface area (Å²) in [6, 6.07) is 18.3. The van der Waals surface area contributed by atoms with Gasteiger partial charge in [-0.05, 0) is 55.0 Å². The van der Waals surface area contributed by atoms with Gasteiger partial charge >= 0.3 is 0 Å². The third-order valence-corrected chi connectivity index (χ3v) is 5.02. The Morgan fingerprint density at radius 3 is 2.39 bits per heavy atom. The van der Waals surface area contributed by atoms with Crippen molar-refractivity contribution in [1.29, 1.82) is 0 Å². The second kappa shape index (κ2) is 8.87. The van der Waals surface area contributed by atoms with E-state index in [9.17, 15) is 4.79 Å². The maximum Gasteiger partial charge on any atom is 0.246 e. The largest absolute Gasteiger partial charge is 0.497 e. The third-order valence-electron chi connectivity index (χ3n) is 5.02. The number of methoxy groups -OCH3 is 2. The van der Waals surface area contributed by atoms with Gasteiger partial charge in [-0.25, -0.2) is 0 Å². The van der Waals surface area contributed by atoms with Gasteiger partial charge in [0.15, 0.2) is 11.5 Å². The Bertz CT molecular complexity index is 1080. The second-order valence-corrected chi connectivity index (χ2v) is 7.07. The standard InChI is InChI=1S/C24H24N2O5/c1-15(24(27)26-18-7-11-22-23(13-18)31-14-30-22)25-17-6-10-21(29-3)20(12-17)16-4-8-19(28-2)9-5-16/h4-13,15,25H,14H2,1-3H3,(H,26,27). The van der Waals surface area contributed by atoms with Crippen LogP contribution in [0.1, 0.15) is 6.92 Å². The lowest BCUT2D eigenvalue weighted by Crippen LogP contribution is -2.31. The van der Waals surface area contributed by atoms with E-state index in [1.807, 2.05) is 42.5 Å². The Morgan fingerprint density at radius 2 is 1.65 bits per heavy atom. The molecule has 0 spiro atoms. The van der Waals surface area contributed by atoms with Crippen LogP contribution in [0.3, 0.4) is 0 Å². The monoisotopic (exact) mass is 420 g/mol. The van der Waals surface area contributed by atoms with E-state index in [1.165, 1.54) is 0 Å². The van der Waals surface area contributed by atoms with Gasteiger partial charge in [-0.15, -0.1) is 0 Å². The molecular formula is C24H24N2O5. The molecule has 0 bridgehead atoms. The van der Waals surface area contributed by atoms with Crippen LogP contribution in [0.5, 0.6) is 23.0 Å². The average molecular weight is 420 g/mol. The molecule has 4 rings (SSSR count). The molecule has 1 amide bonds. The summed E-state index contributed by atoms with van der Waals surface area (Å²) in [6.07, 6.45) is 0. The molecule has 1 heterocycles. The molecule has 0 fully saturated rings. The van der Waals surface area contributed by atoms with Crippen LogP contribution in [0.4, 0.5) is 11.4 Å². The van der Waals surface area contributed by atoms with Gasteiger partial charge in [0, 0.05) is 23.0 Å². The highest BCUT2D eigenvalue weighted by molar-refractivity contribution is 5.96. The van der Waals surface area contributed by atoms with Crippen molar-refractivity contribution in [3.8, 4) is 34.1 Å². The number of benzene rings is 3. The average Bonchev–Trinajstić information content (AvgIpc) is 3.27. The molecule has 0 aromatic heterocycles. The van der Waals surface area contributed by atoms with Crippen LogP contribution in [0, 0.1) is 0 Å². The van der Waals surface area contributed by atoms with Crippen LogP contribution in [-0.4, -0.2) is 33.0 Å². The predicted octanol–water partition coefficient (Wildman–Crippen LogP) is 4.54. The minimum atomic E-state index is -0.470. The number of ether oxygens (including phenoxy) is 4. The highest BCUT2D eigenvalue weighted by Crippen LogP contribution is 2.35. The molecule has 31 heavy (non-hydrogen) atoms. The summed E-state index contributed by atoms with van der Waals surface area (Å²) in [4.78, 5) is 12.7. The topological polar surface area (TPSA) is 78.1 Å². The fourth-order valence-electron chi connectivity index (χ4n) is 3.33. The Morgan fingerprint density at radius 1 is 0.903 bits per heavy atom. The molecule has 0 radical (unpaired) electrons. The number of rotatable bonds is 7. The van der Waals surface area contributed by atoms with Gasteiger partial charge in [0.25, 0.3) is 0 Å². The lowest BCUT2D eigenvalue weighted by molar-refractivity contribution is -0.116. The molecule has 0 saturated heterocycles. The van der Waals surface area contributed by atoms with Crippen molar-refractivity contribution in [1.82, 2.24) is 0 Å². The molecule has 3 aromatic carbocycles. The van der Waals surface area contributed by atoms with E-state index in [4.69, 9.17) is 18.9 Å². The van der Waals surface area contributed by atoms with Crippen LogP contribution < -0.4 is 29.6 Å². The lowest BCUT2D eigenvalue weighted by atomic mass is 10.0. The number of hydrogen-bond acceptors (Lipinski definition) is 6. The number of carbonyl (C=O) groups excluding carboxylic acids is 1. The van der Waals surface area contributed by atoms with E-state index in [2.05, 4.69) is 10.6 Å². The number of anilines is 2. The summed E-state index contributed by atoms with van der Waals surface area (Å²) in [7, 11) is 3.27. The number of fused-ring (bicyclic) bond motifs is 1. The predicted molar refractivity (Wildman–Crippen MR) is 119 cm³/mol. The summed E-state index contributed by atoms with van der Waals surface area (Å²) in [5.41, 5.74) is 3.36. The third kappa shape index (κ3) is 4.50. The van der Waals surface area contributed by atoms with Crippen molar-refractivity contribution in [2.75, 3.05) is 31.6 Å². The van der Waals surface area contributed by atoms with E-state index in [0.29, 0.717) is 17.2 Å². The normalized spacial score (nSPS) is 12.7. The highest BCUT2D eigenvalue weighted by Gasteiger charge is 2.17. The second-order valence-electron chi connectivity index (χ2n) is 7.07. The van der Waals surface area contributed by atoms with Gasteiger partial charge in [-0.3, -0.25) is 4.79 Å². The van der Waals surface area contributed by atoms with E-state index < -0.39 is 6.04 Å². The van der Waals surface area contributed by atoms with Crippen LogP contribution in [0.25, 0.3) is 11.1 Å². The van der Waals surface area contributed by atoms with E-state index in [1.54, 1.807) is 39.3 Å². The summed E-state index contributed by atoms with van der Waals surface area (Å²) in [5.74, 6) is 2.66. The smallest absolute Gasteiger partial charge is 0.246 e. The zero-order chi connectivity index (χ0) is 21.8. The number of carbonyl (C=O) groups is 1. The van der Waals surface area contributed by atoms with Crippen molar-refractivity contribution in [3.05, 3.63) is 60.7 Å². The summed E-state index contributed by atoms with van der Waals surface area (Å²) in [6.45, 7) is 2.00. The Labute approximate surface area is 180 Å². The minimum absolute atomic E-state index is 0.166. The van der Waals surface area contributed by atoms with Crippen molar-refractivity contribution >= 4 is 17.3 Å². The van der Waals surface area contributed by atoms with Gasteiger partial charge in [0.2, 0.25) is 12.7 Å². The highest BCUT2D eigenvalue weighted by atomic mass is 16.7. The van der Waals surface area contributed by atoms with Crippen molar-refractivity contribution in [3.63, 3.8) is 0 Å². The Kier molecular flexibility index (Phi) is 5.84. The van der Waals surface area contributed by atoms with E-state index in [-0.39, 0.29) is 12.7 Å². The molecule has 1 aliphatic heterocycles. The zero-order valence-corrected chi connectivity index (χ0v) is 17.6. The van der Waals surface area contributed by atoms with Gasteiger partial charge in [-0.2, -0.15) is 0 Å². The summed E-state index contributed by atoms with van der Waals surface area (Å²) < 4.78 is 21.4. The van der Waals surface area contributed by atoms with Gasteiger partial charge in [0.05, 0.1) is 14.2 Å². The molecule has 160 valence electrons. The van der Waals surface area contributed by atoms with Crippen molar-refractivity contribution < 1.29 is 23.7 Å². The lowest BCUT2D eigenvalue weighted by Gasteiger charge is -2.17. The first-order chi connectivity index (χ1) is 15.1. The quantitative estimate of drug-likeness (QED) is 0.584. The maximum absolute atomic E-state index is 12.7. The zero-order valence-electron chi connectivity index (χ0n) is 17.6. The van der Waals surface area contributed by atoms with E-state index >= 15 is 0 Å². The maximum atomic E-state index is 12.7. The fourth-order valence-corrected chi connectivity index (χ4v) is 3.33. The first-order valence-corrected chi connectivity index (χ1v) is 9.87. The fraction of sp³-hybridized carbons (Fsp3) is 0.208. The number of nitrogens with one attached hydrogen (secondary N) is 2. The molecule has 1 unspecified atom stereocenters. The van der Waals surface area contributed by atoms with Gasteiger partial charge in [-0.1, -0.05) is 12.1 Å².